The van der Waals surface area contributed by atoms with Crippen molar-refractivity contribution in [3.63, 3.8) is 0 Å². The second kappa shape index (κ2) is 4.21. The predicted molar refractivity (Wildman–Crippen MR) is 53.5 cm³/mol. The van der Waals surface area contributed by atoms with Crippen LogP contribution in [0.2, 0.25) is 0 Å². The maximum Gasteiger partial charge on any atom is 0.240 e. The molecule has 0 radical (unpaired) electrons. The maximum absolute atomic E-state index is 11.5. The molecule has 0 unspecified atom stereocenters. The minimum absolute atomic E-state index is 0.168. The Morgan fingerprint density at radius 1 is 1.36 bits per heavy atom. The second-order valence-corrected chi connectivity index (χ2v) is 4.43. The van der Waals surface area contributed by atoms with Crippen LogP contribution in [0.1, 0.15) is 0 Å². The lowest BCUT2D eigenvalue weighted by Crippen LogP contribution is -2.32. The zero-order valence-electron chi connectivity index (χ0n) is 7.40. The summed E-state index contributed by atoms with van der Waals surface area (Å²) in [6.07, 6.45) is 0. The predicted octanol–water partition coefficient (Wildman–Crippen LogP) is -0.0991. The Morgan fingerprint density at radius 3 is 2.43 bits per heavy atom. The molecule has 0 amide bonds. The summed E-state index contributed by atoms with van der Waals surface area (Å²) in [5, 5.41) is 6.89. The summed E-state index contributed by atoms with van der Waals surface area (Å²) in [4.78, 5) is 0.168. The van der Waals surface area contributed by atoms with Crippen molar-refractivity contribution in [2.24, 2.45) is 5.73 Å². The zero-order valence-corrected chi connectivity index (χ0v) is 8.21. The Kier molecular flexibility index (Phi) is 3.21. The van der Waals surface area contributed by atoms with Gasteiger partial charge in [-0.05, 0) is 12.1 Å². The smallest absolute Gasteiger partial charge is 0.240 e. The summed E-state index contributed by atoms with van der Waals surface area (Å²) in [5.74, 6) is -0.218. The van der Waals surface area contributed by atoms with Gasteiger partial charge in [0.25, 0.3) is 0 Å². The Hall–Kier alpha value is -1.40. The topological polar surface area (TPSA) is 96.0 Å². The molecule has 0 heterocycles. The molecule has 5 nitrogen and oxygen atoms in total. The van der Waals surface area contributed by atoms with Crippen LogP contribution in [0.15, 0.2) is 35.2 Å². The minimum atomic E-state index is -3.53. The maximum atomic E-state index is 11.5. The summed E-state index contributed by atoms with van der Waals surface area (Å²) >= 11 is 0. The summed E-state index contributed by atoms with van der Waals surface area (Å²) in [5.41, 5.74) is 5.03. The molecule has 0 saturated carbocycles. The number of benzene rings is 1. The number of hydrogen-bond acceptors (Lipinski definition) is 3. The molecule has 0 bridgehead atoms. The number of hydrogen-bond donors (Lipinski definition) is 3. The monoisotopic (exact) mass is 213 g/mol. The van der Waals surface area contributed by atoms with E-state index in [2.05, 4.69) is 4.72 Å². The van der Waals surface area contributed by atoms with E-state index in [1.807, 2.05) is 0 Å². The van der Waals surface area contributed by atoms with Crippen LogP contribution < -0.4 is 10.5 Å². The molecule has 0 aliphatic carbocycles. The fourth-order valence-electron chi connectivity index (χ4n) is 0.856. The van der Waals surface area contributed by atoms with E-state index in [-0.39, 0.29) is 17.3 Å². The summed E-state index contributed by atoms with van der Waals surface area (Å²) in [6.45, 7) is -0.169. The Labute approximate surface area is 82.5 Å². The fraction of sp³-hybridized carbons (Fsp3) is 0.125. The fourth-order valence-corrected chi connectivity index (χ4v) is 1.88. The molecular formula is C8H11N3O2S. The number of amidine groups is 1. The van der Waals surface area contributed by atoms with Gasteiger partial charge in [-0.15, -0.1) is 0 Å². The second-order valence-electron chi connectivity index (χ2n) is 2.66. The molecular weight excluding hydrogens is 202 g/mol. The Bertz CT molecular complexity index is 413. The van der Waals surface area contributed by atoms with Gasteiger partial charge in [0.2, 0.25) is 10.0 Å². The third kappa shape index (κ3) is 2.82. The third-order valence-corrected chi connectivity index (χ3v) is 2.92. The highest BCUT2D eigenvalue weighted by molar-refractivity contribution is 7.89. The first-order valence-electron chi connectivity index (χ1n) is 3.90. The van der Waals surface area contributed by atoms with Crippen LogP contribution in [-0.4, -0.2) is 20.8 Å². The molecule has 0 atom stereocenters. The summed E-state index contributed by atoms with van der Waals surface area (Å²) < 4.78 is 25.1. The molecule has 4 N–H and O–H groups in total. The molecule has 0 aliphatic rings. The van der Waals surface area contributed by atoms with Crippen LogP contribution in [0.3, 0.4) is 0 Å². The third-order valence-electron chi connectivity index (χ3n) is 1.51. The number of nitrogens with two attached hydrogens (primary N) is 1. The van der Waals surface area contributed by atoms with Gasteiger partial charge in [-0.1, -0.05) is 18.2 Å². The van der Waals surface area contributed by atoms with Crippen LogP contribution in [-0.2, 0) is 10.0 Å². The lowest BCUT2D eigenvalue weighted by atomic mass is 10.4. The standard InChI is InChI=1S/C8H11N3O2S/c9-8(10)6-11-14(12,13)7-4-2-1-3-5-7/h1-5,11H,6H2,(H3,9,10). The first kappa shape index (κ1) is 10.7. The van der Waals surface area contributed by atoms with Crippen LogP contribution in [0.4, 0.5) is 0 Å². The molecule has 0 saturated heterocycles. The highest BCUT2D eigenvalue weighted by Gasteiger charge is 2.12. The van der Waals surface area contributed by atoms with Gasteiger partial charge in [-0.25, -0.2) is 13.1 Å². The van der Waals surface area contributed by atoms with Crippen molar-refractivity contribution >= 4 is 15.9 Å². The van der Waals surface area contributed by atoms with Crippen LogP contribution in [0.25, 0.3) is 0 Å². The van der Waals surface area contributed by atoms with E-state index in [0.717, 1.165) is 0 Å². The van der Waals surface area contributed by atoms with Gasteiger partial charge in [0.05, 0.1) is 11.4 Å². The minimum Gasteiger partial charge on any atom is -0.387 e. The molecule has 0 aromatic heterocycles. The van der Waals surface area contributed by atoms with Gasteiger partial charge in [0.1, 0.15) is 5.84 Å². The van der Waals surface area contributed by atoms with Crippen molar-refractivity contribution in [3.05, 3.63) is 30.3 Å². The van der Waals surface area contributed by atoms with E-state index in [4.69, 9.17) is 11.1 Å². The van der Waals surface area contributed by atoms with Crippen molar-refractivity contribution < 1.29 is 8.42 Å². The lowest BCUT2D eigenvalue weighted by molar-refractivity contribution is 0.586. The van der Waals surface area contributed by atoms with E-state index in [9.17, 15) is 8.42 Å². The molecule has 0 fully saturated rings. The van der Waals surface area contributed by atoms with Gasteiger partial charge < -0.3 is 5.73 Å². The van der Waals surface area contributed by atoms with E-state index in [0.29, 0.717) is 0 Å². The van der Waals surface area contributed by atoms with E-state index in [1.165, 1.54) is 12.1 Å². The highest BCUT2D eigenvalue weighted by atomic mass is 32.2. The largest absolute Gasteiger partial charge is 0.387 e. The number of sulfonamides is 1. The van der Waals surface area contributed by atoms with Gasteiger partial charge in [-0.3, -0.25) is 5.41 Å². The quantitative estimate of drug-likeness (QED) is 0.481. The normalized spacial score (nSPS) is 11.1. The molecule has 1 aromatic carbocycles. The van der Waals surface area contributed by atoms with Gasteiger partial charge in [0.15, 0.2) is 0 Å². The number of rotatable bonds is 4. The molecule has 14 heavy (non-hydrogen) atoms. The van der Waals surface area contributed by atoms with Crippen LogP contribution in [0.5, 0.6) is 0 Å². The Morgan fingerprint density at radius 2 is 1.93 bits per heavy atom. The number of nitrogens with one attached hydrogen (secondary N) is 2. The van der Waals surface area contributed by atoms with Crippen molar-refractivity contribution in [3.8, 4) is 0 Å². The highest BCUT2D eigenvalue weighted by Crippen LogP contribution is 2.06. The molecule has 6 heteroatoms. The molecule has 0 spiro atoms. The first-order chi connectivity index (χ1) is 6.52. The average molecular weight is 213 g/mol. The molecule has 1 rings (SSSR count). The Balaban J connectivity index is 2.82. The summed E-state index contributed by atoms with van der Waals surface area (Å²) in [7, 11) is -3.53. The molecule has 1 aromatic rings. The summed E-state index contributed by atoms with van der Waals surface area (Å²) in [6, 6.07) is 7.93. The van der Waals surface area contributed by atoms with Crippen molar-refractivity contribution in [2.45, 2.75) is 4.90 Å². The molecule has 76 valence electrons. The first-order valence-corrected chi connectivity index (χ1v) is 5.38. The van der Waals surface area contributed by atoms with E-state index >= 15 is 0 Å². The van der Waals surface area contributed by atoms with E-state index < -0.39 is 10.0 Å². The van der Waals surface area contributed by atoms with Gasteiger partial charge in [-0.2, -0.15) is 0 Å². The zero-order chi connectivity index (χ0) is 10.6. The lowest BCUT2D eigenvalue weighted by Gasteiger charge is -2.04. The van der Waals surface area contributed by atoms with Gasteiger partial charge >= 0.3 is 0 Å². The van der Waals surface area contributed by atoms with Crippen LogP contribution in [0, 0.1) is 5.41 Å². The van der Waals surface area contributed by atoms with Crippen molar-refractivity contribution in [1.29, 1.82) is 5.41 Å². The molecule has 0 aliphatic heterocycles. The van der Waals surface area contributed by atoms with E-state index in [1.54, 1.807) is 18.2 Å². The SMILES string of the molecule is N=C(N)CNS(=O)(=O)c1ccccc1. The average Bonchev–Trinajstić information content (AvgIpc) is 2.16. The van der Waals surface area contributed by atoms with Crippen LogP contribution >= 0.6 is 0 Å². The van der Waals surface area contributed by atoms with Crippen molar-refractivity contribution in [2.75, 3.05) is 6.54 Å². The van der Waals surface area contributed by atoms with Gasteiger partial charge in [0, 0.05) is 0 Å². The van der Waals surface area contributed by atoms with Crippen molar-refractivity contribution in [1.82, 2.24) is 4.72 Å².